The van der Waals surface area contributed by atoms with E-state index in [0.29, 0.717) is 0 Å². The lowest BCUT2D eigenvalue weighted by Gasteiger charge is -2.17. The van der Waals surface area contributed by atoms with Gasteiger partial charge in [0.15, 0.2) is 0 Å². The fourth-order valence-corrected chi connectivity index (χ4v) is 1.76. The van der Waals surface area contributed by atoms with Crippen LogP contribution in [0.4, 0.5) is 0 Å². The van der Waals surface area contributed by atoms with Gasteiger partial charge in [-0.3, -0.25) is 8.37 Å². The molecule has 0 heterocycles. The van der Waals surface area contributed by atoms with Crippen molar-refractivity contribution in [3.05, 3.63) is 10.4 Å². The zero-order valence-electron chi connectivity index (χ0n) is 10.2. The summed E-state index contributed by atoms with van der Waals surface area (Å²) in [6, 6.07) is -0.841. The maximum absolute atomic E-state index is 10.8. The third-order valence-corrected chi connectivity index (χ3v) is 2.98. The minimum absolute atomic E-state index is 0.227. The summed E-state index contributed by atoms with van der Waals surface area (Å²) in [6.07, 6.45) is 1.74. The molecular formula is C7H15N3O6S2. The van der Waals surface area contributed by atoms with Gasteiger partial charge in [-0.1, -0.05) is 12.0 Å². The molecule has 0 N–H and O–H groups in total. The van der Waals surface area contributed by atoms with E-state index in [1.54, 1.807) is 6.92 Å². The minimum Gasteiger partial charge on any atom is -0.270 e. The summed E-state index contributed by atoms with van der Waals surface area (Å²) in [7, 11) is -7.26. The predicted octanol–water partition coefficient (Wildman–Crippen LogP) is 0.254. The van der Waals surface area contributed by atoms with Crippen LogP contribution >= 0.6 is 0 Å². The molecule has 0 aromatic heterocycles. The van der Waals surface area contributed by atoms with Gasteiger partial charge in [0.1, 0.15) is 0 Å². The molecule has 11 heteroatoms. The Morgan fingerprint density at radius 1 is 1.11 bits per heavy atom. The van der Waals surface area contributed by atoms with Gasteiger partial charge in [0.05, 0.1) is 31.8 Å². The Morgan fingerprint density at radius 2 is 1.56 bits per heavy atom. The summed E-state index contributed by atoms with van der Waals surface area (Å²) < 4.78 is 52.2. The number of nitrogens with zero attached hydrogens (tertiary/aromatic N) is 3. The lowest BCUT2D eigenvalue weighted by atomic mass is 10.1. The summed E-state index contributed by atoms with van der Waals surface area (Å²) in [4.78, 5) is 2.55. The molecule has 0 aliphatic rings. The number of azide groups is 1. The van der Waals surface area contributed by atoms with Gasteiger partial charge in [0, 0.05) is 4.91 Å². The smallest absolute Gasteiger partial charge is 0.264 e. The molecule has 0 aliphatic heterocycles. The van der Waals surface area contributed by atoms with Crippen molar-refractivity contribution in [3.63, 3.8) is 0 Å². The molecule has 18 heavy (non-hydrogen) atoms. The van der Waals surface area contributed by atoms with E-state index in [4.69, 9.17) is 5.53 Å². The summed E-state index contributed by atoms with van der Waals surface area (Å²) in [5, 5.41) is 3.34. The number of hydrogen-bond acceptors (Lipinski definition) is 7. The van der Waals surface area contributed by atoms with Gasteiger partial charge in [-0.15, -0.1) is 0 Å². The SMILES string of the molecule is C[C@H](COS(C)(=O)=O)C(COS(C)(=O)=O)N=[N+]=[N-]. The quantitative estimate of drug-likeness (QED) is 0.273. The molecule has 0 aromatic carbocycles. The normalized spacial score (nSPS) is 15.7. The highest BCUT2D eigenvalue weighted by molar-refractivity contribution is 7.86. The first-order valence-corrected chi connectivity index (χ1v) is 8.41. The standard InChI is InChI=1S/C7H15N3O6S2/c1-6(4-15-17(2,11)12)7(9-10-8)5-16-18(3,13)14/h6-7H,4-5H2,1-3H3/t6-,7?/m1/s1. The average molecular weight is 301 g/mol. The molecule has 0 saturated heterocycles. The Bertz CT molecular complexity index is 507. The van der Waals surface area contributed by atoms with Crippen molar-refractivity contribution >= 4 is 20.2 Å². The van der Waals surface area contributed by atoms with E-state index >= 15 is 0 Å². The highest BCUT2D eigenvalue weighted by atomic mass is 32.2. The molecular weight excluding hydrogens is 286 g/mol. The van der Waals surface area contributed by atoms with Crippen LogP contribution in [0.3, 0.4) is 0 Å². The maximum atomic E-state index is 10.8. The van der Waals surface area contributed by atoms with Gasteiger partial charge in [0.25, 0.3) is 20.2 Å². The Balaban J connectivity index is 4.54. The lowest BCUT2D eigenvalue weighted by Crippen LogP contribution is -2.27. The Hall–Kier alpha value is -0.870. The fraction of sp³-hybridized carbons (Fsp3) is 1.00. The highest BCUT2D eigenvalue weighted by Crippen LogP contribution is 2.11. The van der Waals surface area contributed by atoms with E-state index < -0.39 is 32.2 Å². The maximum Gasteiger partial charge on any atom is 0.264 e. The van der Waals surface area contributed by atoms with Gasteiger partial charge in [-0.05, 0) is 11.4 Å². The second-order valence-corrected chi connectivity index (χ2v) is 7.01. The number of rotatable bonds is 8. The van der Waals surface area contributed by atoms with Gasteiger partial charge in [-0.25, -0.2) is 0 Å². The molecule has 0 fully saturated rings. The molecule has 0 aromatic rings. The van der Waals surface area contributed by atoms with Gasteiger partial charge in [0.2, 0.25) is 0 Å². The lowest BCUT2D eigenvalue weighted by molar-refractivity contribution is 0.201. The van der Waals surface area contributed by atoms with E-state index in [2.05, 4.69) is 18.4 Å². The van der Waals surface area contributed by atoms with E-state index in [1.165, 1.54) is 0 Å². The molecule has 0 rings (SSSR count). The van der Waals surface area contributed by atoms with Crippen molar-refractivity contribution in [1.29, 1.82) is 0 Å². The largest absolute Gasteiger partial charge is 0.270 e. The molecule has 9 nitrogen and oxygen atoms in total. The van der Waals surface area contributed by atoms with Crippen LogP contribution in [-0.2, 0) is 28.6 Å². The van der Waals surface area contributed by atoms with E-state index in [-0.39, 0.29) is 13.2 Å². The van der Waals surface area contributed by atoms with Crippen LogP contribution < -0.4 is 0 Å². The summed E-state index contributed by atoms with van der Waals surface area (Å²) in [5.74, 6) is -0.516. The zero-order valence-corrected chi connectivity index (χ0v) is 11.8. The van der Waals surface area contributed by atoms with Crippen LogP contribution in [-0.4, -0.2) is 48.6 Å². The van der Waals surface area contributed by atoms with Gasteiger partial charge < -0.3 is 0 Å². The molecule has 1 unspecified atom stereocenters. The van der Waals surface area contributed by atoms with Crippen molar-refractivity contribution in [1.82, 2.24) is 0 Å². The van der Waals surface area contributed by atoms with E-state index in [9.17, 15) is 16.8 Å². The molecule has 0 spiro atoms. The number of hydrogen-bond donors (Lipinski definition) is 0. The second-order valence-electron chi connectivity index (χ2n) is 3.73. The second kappa shape index (κ2) is 6.90. The van der Waals surface area contributed by atoms with Crippen molar-refractivity contribution in [3.8, 4) is 0 Å². The minimum atomic E-state index is -3.66. The van der Waals surface area contributed by atoms with E-state index in [0.717, 1.165) is 12.5 Å². The molecule has 0 radical (unpaired) electrons. The monoisotopic (exact) mass is 301 g/mol. The first-order valence-electron chi connectivity index (χ1n) is 4.78. The van der Waals surface area contributed by atoms with Crippen LogP contribution in [0, 0.1) is 5.92 Å². The molecule has 2 atom stereocenters. The fourth-order valence-electron chi connectivity index (χ4n) is 0.913. The van der Waals surface area contributed by atoms with Crippen molar-refractivity contribution in [2.24, 2.45) is 11.0 Å². The van der Waals surface area contributed by atoms with Gasteiger partial charge >= 0.3 is 0 Å². The topological polar surface area (TPSA) is 136 Å². The first-order chi connectivity index (χ1) is 8.05. The predicted molar refractivity (Wildman–Crippen MR) is 63.7 cm³/mol. The summed E-state index contributed by atoms with van der Waals surface area (Å²) >= 11 is 0. The summed E-state index contributed by atoms with van der Waals surface area (Å²) in [6.45, 7) is 0.961. The van der Waals surface area contributed by atoms with Gasteiger partial charge in [-0.2, -0.15) is 16.8 Å². The Morgan fingerprint density at radius 3 is 1.94 bits per heavy atom. The molecule has 0 aliphatic carbocycles. The first kappa shape index (κ1) is 17.1. The van der Waals surface area contributed by atoms with Crippen LogP contribution in [0.2, 0.25) is 0 Å². The Kier molecular flexibility index (Phi) is 6.57. The van der Waals surface area contributed by atoms with Crippen LogP contribution in [0.25, 0.3) is 10.4 Å². The van der Waals surface area contributed by atoms with Crippen molar-refractivity contribution < 1.29 is 25.2 Å². The zero-order chi connectivity index (χ0) is 14.4. The molecule has 0 saturated carbocycles. The third-order valence-electron chi connectivity index (χ3n) is 1.85. The Labute approximate surface area is 106 Å². The highest BCUT2D eigenvalue weighted by Gasteiger charge is 2.20. The van der Waals surface area contributed by atoms with Crippen molar-refractivity contribution in [2.45, 2.75) is 13.0 Å². The van der Waals surface area contributed by atoms with Crippen LogP contribution in [0.5, 0.6) is 0 Å². The molecule has 106 valence electrons. The molecule has 0 amide bonds. The average Bonchev–Trinajstić information content (AvgIpc) is 2.18. The van der Waals surface area contributed by atoms with E-state index in [1.807, 2.05) is 0 Å². The van der Waals surface area contributed by atoms with Crippen LogP contribution in [0.1, 0.15) is 6.92 Å². The van der Waals surface area contributed by atoms with Crippen molar-refractivity contribution in [2.75, 3.05) is 25.7 Å². The third kappa shape index (κ3) is 9.19. The molecule has 0 bridgehead atoms. The summed E-state index contributed by atoms with van der Waals surface area (Å²) in [5.41, 5.74) is 8.34. The van der Waals surface area contributed by atoms with Crippen LogP contribution in [0.15, 0.2) is 5.11 Å².